The van der Waals surface area contributed by atoms with Gasteiger partial charge in [0, 0.05) is 47.7 Å². The lowest BCUT2D eigenvalue weighted by molar-refractivity contribution is -0.108. The molecule has 1 aromatic carbocycles. The number of nitriles is 1. The predicted molar refractivity (Wildman–Crippen MR) is 155 cm³/mol. The highest BCUT2D eigenvalue weighted by atomic mass is 16.1. The van der Waals surface area contributed by atoms with Gasteiger partial charge in [-0.3, -0.25) is 9.78 Å². The first kappa shape index (κ1) is 28.0. The number of aromatic nitrogens is 4. The van der Waals surface area contributed by atoms with Crippen molar-refractivity contribution in [3.05, 3.63) is 83.9 Å². The van der Waals surface area contributed by atoms with Crippen LogP contribution in [0.25, 0.3) is 22.4 Å². The van der Waals surface area contributed by atoms with Crippen LogP contribution in [0.5, 0.6) is 0 Å². The second-order valence-corrected chi connectivity index (χ2v) is 10.1. The maximum Gasteiger partial charge on any atom is 0.255 e. The lowest BCUT2D eigenvalue weighted by Gasteiger charge is -2.15. The Kier molecular flexibility index (Phi) is 8.60. The fourth-order valence-corrected chi connectivity index (χ4v) is 3.79. The van der Waals surface area contributed by atoms with Gasteiger partial charge in [0.15, 0.2) is 0 Å². The van der Waals surface area contributed by atoms with E-state index in [0.29, 0.717) is 28.6 Å². The summed E-state index contributed by atoms with van der Waals surface area (Å²) in [6.07, 6.45) is 8.31. The standard InChI is InChI=1S/C27H25N7O.C4H6O/c1-17-5-6-21(33-26(35)19-8-9-30-24(12-19)27(2,3)16-28)14-22(17)23-11-20(15-32-34-23)18-7-10-31-25(13-18)29-4;5-3-4-1-2-4/h5-15H,1-4H3,(H,29,31)(H,33,35);3-4H,1-2H2. The number of nitrogens with zero attached hydrogens (tertiary/aromatic N) is 5. The van der Waals surface area contributed by atoms with Gasteiger partial charge in [0.05, 0.1) is 29.1 Å². The van der Waals surface area contributed by atoms with Crippen molar-refractivity contribution < 1.29 is 9.59 Å². The Labute approximate surface area is 233 Å². The van der Waals surface area contributed by atoms with Crippen LogP contribution < -0.4 is 10.6 Å². The van der Waals surface area contributed by atoms with Gasteiger partial charge in [-0.2, -0.15) is 15.5 Å². The molecule has 0 radical (unpaired) electrons. The number of anilines is 2. The van der Waals surface area contributed by atoms with Crippen LogP contribution in [-0.4, -0.2) is 39.4 Å². The van der Waals surface area contributed by atoms with Crippen molar-refractivity contribution in [3.63, 3.8) is 0 Å². The van der Waals surface area contributed by atoms with Gasteiger partial charge < -0.3 is 15.4 Å². The summed E-state index contributed by atoms with van der Waals surface area (Å²) >= 11 is 0. The summed E-state index contributed by atoms with van der Waals surface area (Å²) < 4.78 is 0. The molecule has 1 aliphatic carbocycles. The SMILES string of the molecule is CNc1cc(-c2cnnc(-c3cc(NC(=O)c4ccnc(C(C)(C)C#N)c4)ccc3C)c2)ccn1.O=CC1CC1. The minimum absolute atomic E-state index is 0.284. The Morgan fingerprint density at radius 3 is 2.50 bits per heavy atom. The van der Waals surface area contributed by atoms with Gasteiger partial charge >= 0.3 is 0 Å². The van der Waals surface area contributed by atoms with Crippen LogP contribution in [0.1, 0.15) is 48.3 Å². The molecule has 4 aromatic rings. The van der Waals surface area contributed by atoms with Crippen LogP contribution in [0.3, 0.4) is 0 Å². The van der Waals surface area contributed by atoms with Crippen molar-refractivity contribution in [2.45, 2.75) is 39.0 Å². The zero-order valence-corrected chi connectivity index (χ0v) is 23.0. The minimum atomic E-state index is -0.792. The zero-order chi connectivity index (χ0) is 28.7. The number of nitrogens with one attached hydrogen (secondary N) is 2. The van der Waals surface area contributed by atoms with Gasteiger partial charge in [-0.15, -0.1) is 0 Å². The average Bonchev–Trinajstić information content (AvgIpc) is 3.84. The van der Waals surface area contributed by atoms with E-state index < -0.39 is 5.41 Å². The van der Waals surface area contributed by atoms with E-state index in [1.807, 2.05) is 50.4 Å². The first-order chi connectivity index (χ1) is 19.2. The van der Waals surface area contributed by atoms with Crippen molar-refractivity contribution in [1.82, 2.24) is 20.2 Å². The van der Waals surface area contributed by atoms with Crippen LogP contribution in [0.2, 0.25) is 0 Å². The topological polar surface area (TPSA) is 134 Å². The summed E-state index contributed by atoms with van der Waals surface area (Å²) in [5.74, 6) is 0.933. The Morgan fingerprint density at radius 1 is 1.05 bits per heavy atom. The van der Waals surface area contributed by atoms with E-state index >= 15 is 0 Å². The quantitative estimate of drug-likeness (QED) is 0.293. The molecular weight excluding hydrogens is 502 g/mol. The van der Waals surface area contributed by atoms with E-state index in [4.69, 9.17) is 0 Å². The molecule has 202 valence electrons. The fraction of sp³-hybridized carbons (Fsp3) is 0.258. The molecule has 1 saturated carbocycles. The van der Waals surface area contributed by atoms with Crippen LogP contribution in [0.15, 0.2) is 67.1 Å². The lowest BCUT2D eigenvalue weighted by Crippen LogP contribution is -2.18. The maximum atomic E-state index is 13.0. The maximum absolute atomic E-state index is 13.0. The summed E-state index contributed by atoms with van der Waals surface area (Å²) in [6.45, 7) is 5.52. The molecule has 0 bridgehead atoms. The number of hydrogen-bond donors (Lipinski definition) is 2. The number of hydrogen-bond acceptors (Lipinski definition) is 8. The normalized spacial score (nSPS) is 12.4. The second kappa shape index (κ2) is 12.3. The van der Waals surface area contributed by atoms with E-state index in [9.17, 15) is 14.9 Å². The van der Waals surface area contributed by atoms with Gasteiger partial charge in [-0.05, 0) is 87.2 Å². The van der Waals surface area contributed by atoms with Crippen molar-refractivity contribution in [2.24, 2.45) is 5.92 Å². The molecule has 1 fully saturated rings. The van der Waals surface area contributed by atoms with Gasteiger partial charge in [-0.1, -0.05) is 6.07 Å². The number of benzene rings is 1. The summed E-state index contributed by atoms with van der Waals surface area (Å²) in [5, 5.41) is 23.9. The van der Waals surface area contributed by atoms with E-state index in [2.05, 4.69) is 36.9 Å². The largest absolute Gasteiger partial charge is 0.373 e. The number of carbonyl (C=O) groups excluding carboxylic acids is 2. The van der Waals surface area contributed by atoms with E-state index in [0.717, 1.165) is 47.2 Å². The number of aryl methyl sites for hydroxylation is 1. The zero-order valence-electron chi connectivity index (χ0n) is 23.0. The van der Waals surface area contributed by atoms with Crippen LogP contribution in [0.4, 0.5) is 11.5 Å². The van der Waals surface area contributed by atoms with Crippen LogP contribution in [-0.2, 0) is 10.2 Å². The highest BCUT2D eigenvalue weighted by Gasteiger charge is 2.23. The number of carbonyl (C=O) groups is 2. The molecule has 0 spiro atoms. The molecule has 9 heteroatoms. The molecule has 0 saturated heterocycles. The molecule has 1 amide bonds. The fourth-order valence-electron chi connectivity index (χ4n) is 3.79. The first-order valence-corrected chi connectivity index (χ1v) is 13.0. The summed E-state index contributed by atoms with van der Waals surface area (Å²) in [4.78, 5) is 31.0. The van der Waals surface area contributed by atoms with Crippen molar-refractivity contribution in [1.29, 1.82) is 5.26 Å². The van der Waals surface area contributed by atoms with Gasteiger partial charge in [0.1, 0.15) is 12.1 Å². The molecule has 0 aliphatic heterocycles. The van der Waals surface area contributed by atoms with Crippen LogP contribution >= 0.6 is 0 Å². The third-order valence-electron chi connectivity index (χ3n) is 6.53. The van der Waals surface area contributed by atoms with Gasteiger partial charge in [0.2, 0.25) is 0 Å². The monoisotopic (exact) mass is 533 g/mol. The third kappa shape index (κ3) is 6.91. The molecule has 1 aliphatic rings. The van der Waals surface area contributed by atoms with Gasteiger partial charge in [0.25, 0.3) is 5.91 Å². The molecule has 0 atom stereocenters. The predicted octanol–water partition coefficient (Wildman–Crippen LogP) is 5.60. The number of pyridine rings is 2. The summed E-state index contributed by atoms with van der Waals surface area (Å²) in [5.41, 5.74) is 5.25. The highest BCUT2D eigenvalue weighted by molar-refractivity contribution is 6.04. The van der Waals surface area contributed by atoms with E-state index in [-0.39, 0.29) is 5.91 Å². The summed E-state index contributed by atoms with van der Waals surface area (Å²) in [6, 6.07) is 17.0. The van der Waals surface area contributed by atoms with Crippen LogP contribution in [0, 0.1) is 24.2 Å². The summed E-state index contributed by atoms with van der Waals surface area (Å²) in [7, 11) is 1.82. The molecule has 0 unspecified atom stereocenters. The molecule has 9 nitrogen and oxygen atoms in total. The average molecular weight is 534 g/mol. The smallest absolute Gasteiger partial charge is 0.255 e. The molecule has 40 heavy (non-hydrogen) atoms. The minimum Gasteiger partial charge on any atom is -0.373 e. The second-order valence-electron chi connectivity index (χ2n) is 10.1. The molecular formula is C31H31N7O2. The molecule has 2 N–H and O–H groups in total. The Hall–Kier alpha value is -4.97. The van der Waals surface area contributed by atoms with Crippen molar-refractivity contribution in [3.8, 4) is 28.5 Å². The Bertz CT molecular complexity index is 1570. The lowest BCUT2D eigenvalue weighted by atomic mass is 9.90. The highest BCUT2D eigenvalue weighted by Crippen LogP contribution is 2.29. The first-order valence-electron chi connectivity index (χ1n) is 13.0. The molecule has 5 rings (SSSR count). The third-order valence-corrected chi connectivity index (χ3v) is 6.53. The van der Waals surface area contributed by atoms with Crippen molar-refractivity contribution >= 4 is 23.7 Å². The Morgan fingerprint density at radius 2 is 1.82 bits per heavy atom. The Balaban J connectivity index is 0.000000666. The van der Waals surface area contributed by atoms with Gasteiger partial charge in [-0.25, -0.2) is 4.98 Å². The van der Waals surface area contributed by atoms with Crippen molar-refractivity contribution in [2.75, 3.05) is 17.7 Å². The number of aldehydes is 1. The molecule has 3 aromatic heterocycles. The number of rotatable bonds is 7. The van der Waals surface area contributed by atoms with E-state index in [1.165, 1.54) is 0 Å². The van der Waals surface area contributed by atoms with E-state index in [1.54, 1.807) is 44.6 Å². The number of amides is 1. The molecule has 3 heterocycles.